The van der Waals surface area contributed by atoms with Crippen molar-refractivity contribution >= 4 is 17.7 Å². The van der Waals surface area contributed by atoms with E-state index in [4.69, 9.17) is 0 Å². The van der Waals surface area contributed by atoms with Crippen LogP contribution in [0.3, 0.4) is 0 Å². The summed E-state index contributed by atoms with van der Waals surface area (Å²) in [5.41, 5.74) is 2.57. The molecule has 23 heavy (non-hydrogen) atoms. The average molecular weight is 322 g/mol. The smallest absolute Gasteiger partial charge is 0.235 e. The van der Waals surface area contributed by atoms with Crippen molar-refractivity contribution in [1.82, 2.24) is 10.6 Å². The minimum atomic E-state index is 0.0711. The molecule has 2 atom stereocenters. The summed E-state index contributed by atoms with van der Waals surface area (Å²) in [7, 11) is 0. The fourth-order valence-electron chi connectivity index (χ4n) is 3.29. The lowest BCUT2D eigenvalue weighted by atomic mass is 9.86. The molecule has 2 heterocycles. The minimum absolute atomic E-state index is 0.0711. The SMILES string of the molecule is O=C1CSC2=C(N1)N[C@H](c1ccccc1)C[C@H]2c1ccccc1. The first kappa shape index (κ1) is 14.4. The largest absolute Gasteiger partial charge is 0.364 e. The number of carbonyl (C=O) groups excluding carboxylic acids is 1. The summed E-state index contributed by atoms with van der Waals surface area (Å²) >= 11 is 1.66. The van der Waals surface area contributed by atoms with Gasteiger partial charge < -0.3 is 10.6 Å². The lowest BCUT2D eigenvalue weighted by Crippen LogP contribution is -2.42. The topological polar surface area (TPSA) is 41.1 Å². The number of carbonyl (C=O) groups is 1. The van der Waals surface area contributed by atoms with Gasteiger partial charge in [0.25, 0.3) is 0 Å². The molecule has 0 saturated carbocycles. The number of allylic oxidation sites excluding steroid dienone is 1. The van der Waals surface area contributed by atoms with Gasteiger partial charge in [-0.15, -0.1) is 11.8 Å². The molecule has 2 N–H and O–H groups in total. The van der Waals surface area contributed by atoms with Crippen molar-refractivity contribution in [1.29, 1.82) is 0 Å². The summed E-state index contributed by atoms with van der Waals surface area (Å²) < 4.78 is 0. The molecule has 4 heteroatoms. The Morgan fingerprint density at radius 2 is 1.57 bits per heavy atom. The normalized spacial score (nSPS) is 23.7. The molecule has 0 aromatic heterocycles. The number of amides is 1. The third-order valence-corrected chi connectivity index (χ3v) is 5.59. The number of nitrogens with one attached hydrogen (secondary N) is 2. The highest BCUT2D eigenvalue weighted by atomic mass is 32.2. The number of rotatable bonds is 2. The summed E-state index contributed by atoms with van der Waals surface area (Å²) in [5, 5.41) is 6.56. The molecule has 0 saturated heterocycles. The molecule has 1 amide bonds. The molecule has 4 rings (SSSR count). The second-order valence-electron chi connectivity index (χ2n) is 5.88. The molecule has 0 spiro atoms. The van der Waals surface area contributed by atoms with Gasteiger partial charge in [0, 0.05) is 10.8 Å². The van der Waals surface area contributed by atoms with Crippen molar-refractivity contribution in [3.8, 4) is 0 Å². The monoisotopic (exact) mass is 322 g/mol. The molecule has 0 aliphatic carbocycles. The second kappa shape index (κ2) is 6.13. The lowest BCUT2D eigenvalue weighted by Gasteiger charge is -2.37. The maximum Gasteiger partial charge on any atom is 0.235 e. The van der Waals surface area contributed by atoms with E-state index < -0.39 is 0 Å². The van der Waals surface area contributed by atoms with E-state index in [1.54, 1.807) is 11.8 Å². The fraction of sp³-hybridized carbons (Fsp3) is 0.211. The lowest BCUT2D eigenvalue weighted by molar-refractivity contribution is -0.118. The average Bonchev–Trinajstić information content (AvgIpc) is 2.62. The Bertz CT molecular complexity index is 742. The molecule has 2 aliphatic heterocycles. The van der Waals surface area contributed by atoms with Gasteiger partial charge in [-0.1, -0.05) is 60.7 Å². The summed E-state index contributed by atoms with van der Waals surface area (Å²) in [6.45, 7) is 0. The van der Waals surface area contributed by atoms with Gasteiger partial charge in [0.05, 0.1) is 11.8 Å². The zero-order valence-corrected chi connectivity index (χ0v) is 13.5. The van der Waals surface area contributed by atoms with Crippen LogP contribution < -0.4 is 10.6 Å². The highest BCUT2D eigenvalue weighted by Gasteiger charge is 2.34. The Kier molecular flexibility index (Phi) is 3.83. The molecular formula is C19H18N2OS. The van der Waals surface area contributed by atoms with Gasteiger partial charge in [0.2, 0.25) is 5.91 Å². The molecule has 2 aromatic carbocycles. The van der Waals surface area contributed by atoms with Crippen LogP contribution in [0.2, 0.25) is 0 Å². The van der Waals surface area contributed by atoms with Crippen molar-refractivity contribution in [3.63, 3.8) is 0 Å². The van der Waals surface area contributed by atoms with Gasteiger partial charge in [0.15, 0.2) is 0 Å². The Morgan fingerprint density at radius 1 is 0.913 bits per heavy atom. The van der Waals surface area contributed by atoms with Gasteiger partial charge in [0.1, 0.15) is 5.82 Å². The minimum Gasteiger partial charge on any atom is -0.364 e. The van der Waals surface area contributed by atoms with E-state index in [1.165, 1.54) is 16.0 Å². The standard InChI is InChI=1S/C19H18N2OS/c22-17-12-23-18-15(13-7-3-1-4-8-13)11-16(20-19(18)21-17)14-9-5-2-6-10-14/h1-10,15-16,20H,11-12H2,(H,21,22)/t15-,16-/m0/s1. The first-order valence-electron chi connectivity index (χ1n) is 7.84. The van der Waals surface area contributed by atoms with E-state index >= 15 is 0 Å². The summed E-state index contributed by atoms with van der Waals surface area (Å²) in [5.74, 6) is 1.78. The molecule has 0 unspecified atom stereocenters. The van der Waals surface area contributed by atoms with Crippen LogP contribution in [0.1, 0.15) is 29.5 Å². The van der Waals surface area contributed by atoms with Crippen LogP contribution in [0.5, 0.6) is 0 Å². The molecule has 2 aliphatic rings. The highest BCUT2D eigenvalue weighted by Crippen LogP contribution is 2.44. The zero-order valence-electron chi connectivity index (χ0n) is 12.7. The highest BCUT2D eigenvalue weighted by molar-refractivity contribution is 8.03. The number of hydrogen-bond donors (Lipinski definition) is 2. The maximum absolute atomic E-state index is 11.8. The van der Waals surface area contributed by atoms with Crippen molar-refractivity contribution < 1.29 is 4.79 Å². The predicted octanol–water partition coefficient (Wildman–Crippen LogP) is 3.54. The van der Waals surface area contributed by atoms with E-state index in [9.17, 15) is 4.79 Å². The van der Waals surface area contributed by atoms with Crippen molar-refractivity contribution in [2.75, 3.05) is 5.75 Å². The summed E-state index contributed by atoms with van der Waals surface area (Å²) in [6.07, 6.45) is 0.996. The Labute approximate surface area is 140 Å². The Balaban J connectivity index is 1.74. The number of benzene rings is 2. The maximum atomic E-state index is 11.8. The zero-order chi connectivity index (χ0) is 15.6. The molecule has 0 radical (unpaired) electrons. The Hall–Kier alpha value is -2.20. The molecule has 0 fully saturated rings. The number of hydrogen-bond acceptors (Lipinski definition) is 3. The van der Waals surface area contributed by atoms with E-state index in [0.29, 0.717) is 11.7 Å². The van der Waals surface area contributed by atoms with E-state index in [1.807, 2.05) is 12.1 Å². The van der Waals surface area contributed by atoms with Crippen LogP contribution >= 0.6 is 11.8 Å². The fourth-order valence-corrected chi connectivity index (χ4v) is 4.33. The van der Waals surface area contributed by atoms with Crippen LogP contribution in [0.15, 0.2) is 71.4 Å². The van der Waals surface area contributed by atoms with Crippen LogP contribution in [0, 0.1) is 0 Å². The Morgan fingerprint density at radius 3 is 2.26 bits per heavy atom. The van der Waals surface area contributed by atoms with Crippen molar-refractivity contribution in [3.05, 3.63) is 82.5 Å². The first-order chi connectivity index (χ1) is 11.3. The number of thioether (sulfide) groups is 1. The third kappa shape index (κ3) is 2.86. The van der Waals surface area contributed by atoms with Crippen molar-refractivity contribution in [2.24, 2.45) is 0 Å². The van der Waals surface area contributed by atoms with Crippen LogP contribution in [0.4, 0.5) is 0 Å². The molecule has 0 bridgehead atoms. The summed E-state index contributed by atoms with van der Waals surface area (Å²) in [4.78, 5) is 13.1. The van der Waals surface area contributed by atoms with Gasteiger partial charge in [-0.3, -0.25) is 4.79 Å². The predicted molar refractivity (Wildman–Crippen MR) is 93.7 cm³/mol. The molecule has 116 valence electrons. The van der Waals surface area contributed by atoms with Crippen molar-refractivity contribution in [2.45, 2.75) is 18.4 Å². The first-order valence-corrected chi connectivity index (χ1v) is 8.83. The van der Waals surface area contributed by atoms with E-state index in [-0.39, 0.29) is 11.9 Å². The van der Waals surface area contributed by atoms with Gasteiger partial charge in [-0.25, -0.2) is 0 Å². The molecule has 3 nitrogen and oxygen atoms in total. The van der Waals surface area contributed by atoms with Gasteiger partial charge in [-0.2, -0.15) is 0 Å². The van der Waals surface area contributed by atoms with Crippen LogP contribution in [-0.4, -0.2) is 11.7 Å². The van der Waals surface area contributed by atoms with Crippen LogP contribution in [0.25, 0.3) is 0 Å². The quantitative estimate of drug-likeness (QED) is 0.888. The van der Waals surface area contributed by atoms with Crippen LogP contribution in [-0.2, 0) is 4.79 Å². The van der Waals surface area contributed by atoms with E-state index in [0.717, 1.165) is 12.2 Å². The van der Waals surface area contributed by atoms with E-state index in [2.05, 4.69) is 59.2 Å². The third-order valence-electron chi connectivity index (χ3n) is 4.38. The molecule has 2 aromatic rings. The molecular weight excluding hydrogens is 304 g/mol. The van der Waals surface area contributed by atoms with Gasteiger partial charge in [-0.05, 0) is 17.5 Å². The second-order valence-corrected chi connectivity index (χ2v) is 6.90. The summed E-state index contributed by atoms with van der Waals surface area (Å²) in [6, 6.07) is 21.2. The van der Waals surface area contributed by atoms with Gasteiger partial charge >= 0.3 is 0 Å².